The summed E-state index contributed by atoms with van der Waals surface area (Å²) in [7, 11) is 0. The lowest BCUT2D eigenvalue weighted by Gasteiger charge is -2.08. The molecule has 2 N–H and O–H groups in total. The predicted molar refractivity (Wildman–Crippen MR) is 65.5 cm³/mol. The van der Waals surface area contributed by atoms with E-state index in [1.54, 1.807) is 12.3 Å². The smallest absolute Gasteiger partial charge is 0.231 e. The minimum absolute atomic E-state index is 0.258. The highest BCUT2D eigenvalue weighted by Gasteiger charge is 2.13. The fourth-order valence-corrected chi connectivity index (χ4v) is 1.70. The van der Waals surface area contributed by atoms with E-state index < -0.39 is 0 Å². The molecule has 2 aromatic rings. The summed E-state index contributed by atoms with van der Waals surface area (Å²) in [6.45, 7) is 0.633. The van der Waals surface area contributed by atoms with Crippen LogP contribution in [0.4, 0.5) is 5.82 Å². The van der Waals surface area contributed by atoms with Crippen molar-refractivity contribution in [2.45, 2.75) is 6.61 Å². The Hall–Kier alpha value is -2.43. The molecule has 5 heteroatoms. The molecule has 0 spiro atoms. The summed E-state index contributed by atoms with van der Waals surface area (Å²) in [5.74, 6) is 2.63. The number of benzene rings is 1. The van der Waals surface area contributed by atoms with Gasteiger partial charge in [0.25, 0.3) is 0 Å². The van der Waals surface area contributed by atoms with E-state index in [1.165, 1.54) is 0 Å². The molecule has 0 saturated heterocycles. The third-order valence-electron chi connectivity index (χ3n) is 2.66. The van der Waals surface area contributed by atoms with E-state index in [-0.39, 0.29) is 6.79 Å². The van der Waals surface area contributed by atoms with Crippen molar-refractivity contribution in [3.05, 3.63) is 42.1 Å². The topological polar surface area (TPSA) is 66.6 Å². The molecule has 92 valence electrons. The van der Waals surface area contributed by atoms with Crippen molar-refractivity contribution in [1.82, 2.24) is 4.98 Å². The largest absolute Gasteiger partial charge is 0.489 e. The van der Waals surface area contributed by atoms with Gasteiger partial charge >= 0.3 is 0 Å². The van der Waals surface area contributed by atoms with E-state index in [0.29, 0.717) is 23.9 Å². The van der Waals surface area contributed by atoms with Gasteiger partial charge in [0.05, 0.1) is 0 Å². The van der Waals surface area contributed by atoms with Crippen LogP contribution in [0.15, 0.2) is 36.5 Å². The lowest BCUT2D eigenvalue weighted by atomic mass is 10.2. The van der Waals surface area contributed by atoms with Gasteiger partial charge in [0.1, 0.15) is 18.2 Å². The molecule has 2 heterocycles. The van der Waals surface area contributed by atoms with E-state index in [4.69, 9.17) is 19.9 Å². The maximum atomic E-state index is 5.74. The molecule has 0 saturated carbocycles. The van der Waals surface area contributed by atoms with E-state index >= 15 is 0 Å². The molecule has 3 rings (SSSR count). The minimum Gasteiger partial charge on any atom is -0.489 e. The molecule has 5 nitrogen and oxygen atoms in total. The summed E-state index contributed by atoms with van der Waals surface area (Å²) in [5, 5.41) is 0. The lowest BCUT2D eigenvalue weighted by Crippen LogP contribution is -2.01. The number of fused-ring (bicyclic) bond motifs is 1. The van der Waals surface area contributed by atoms with Crippen molar-refractivity contribution in [2.75, 3.05) is 12.5 Å². The molecule has 0 aliphatic carbocycles. The van der Waals surface area contributed by atoms with E-state index in [9.17, 15) is 0 Å². The summed E-state index contributed by atoms with van der Waals surface area (Å²) in [6.07, 6.45) is 1.65. The summed E-state index contributed by atoms with van der Waals surface area (Å²) in [6, 6.07) is 9.17. The Balaban J connectivity index is 1.72. The van der Waals surface area contributed by atoms with Crippen LogP contribution < -0.4 is 19.9 Å². The number of hydrogen-bond acceptors (Lipinski definition) is 5. The SMILES string of the molecule is Nc1ncccc1COc1ccc2c(c1)OCO2. The first kappa shape index (κ1) is 10.7. The van der Waals surface area contributed by atoms with Crippen LogP contribution in [0.25, 0.3) is 0 Å². The first-order valence-electron chi connectivity index (χ1n) is 5.55. The monoisotopic (exact) mass is 244 g/mol. The van der Waals surface area contributed by atoms with Gasteiger partial charge in [-0.2, -0.15) is 0 Å². The van der Waals surface area contributed by atoms with Gasteiger partial charge in [-0.25, -0.2) is 4.98 Å². The number of rotatable bonds is 3. The molecule has 0 fully saturated rings. The number of hydrogen-bond donors (Lipinski definition) is 1. The molecule has 1 aromatic heterocycles. The summed E-state index contributed by atoms with van der Waals surface area (Å²) < 4.78 is 16.1. The Kier molecular flexibility index (Phi) is 2.64. The molecule has 1 aromatic carbocycles. The Morgan fingerprint density at radius 1 is 1.22 bits per heavy atom. The maximum absolute atomic E-state index is 5.74. The highest BCUT2D eigenvalue weighted by atomic mass is 16.7. The number of nitrogens with two attached hydrogens (primary N) is 1. The van der Waals surface area contributed by atoms with Gasteiger partial charge in [0.15, 0.2) is 11.5 Å². The van der Waals surface area contributed by atoms with Crippen LogP contribution in [-0.4, -0.2) is 11.8 Å². The second-order valence-electron chi connectivity index (χ2n) is 3.85. The highest BCUT2D eigenvalue weighted by Crippen LogP contribution is 2.35. The molecule has 0 atom stereocenters. The van der Waals surface area contributed by atoms with Crippen molar-refractivity contribution in [2.24, 2.45) is 0 Å². The molecule has 0 amide bonds. The minimum atomic E-state index is 0.258. The maximum Gasteiger partial charge on any atom is 0.231 e. The van der Waals surface area contributed by atoms with Crippen molar-refractivity contribution < 1.29 is 14.2 Å². The van der Waals surface area contributed by atoms with Gasteiger partial charge in [-0.05, 0) is 18.2 Å². The van der Waals surface area contributed by atoms with Crippen molar-refractivity contribution in [3.8, 4) is 17.2 Å². The number of anilines is 1. The first-order chi connectivity index (χ1) is 8.83. The number of ether oxygens (including phenoxy) is 3. The van der Waals surface area contributed by atoms with Crippen LogP contribution >= 0.6 is 0 Å². The fraction of sp³-hybridized carbons (Fsp3) is 0.154. The fourth-order valence-electron chi connectivity index (χ4n) is 1.70. The van der Waals surface area contributed by atoms with Gasteiger partial charge < -0.3 is 19.9 Å². The molecular weight excluding hydrogens is 232 g/mol. The third kappa shape index (κ3) is 2.02. The van der Waals surface area contributed by atoms with Gasteiger partial charge in [-0.15, -0.1) is 0 Å². The Morgan fingerprint density at radius 2 is 2.11 bits per heavy atom. The van der Waals surface area contributed by atoms with Crippen LogP contribution in [0.2, 0.25) is 0 Å². The number of pyridine rings is 1. The Morgan fingerprint density at radius 3 is 3.00 bits per heavy atom. The Labute approximate surface area is 104 Å². The normalized spacial score (nSPS) is 12.4. The molecule has 18 heavy (non-hydrogen) atoms. The van der Waals surface area contributed by atoms with Crippen molar-refractivity contribution >= 4 is 5.82 Å². The van der Waals surface area contributed by atoms with Crippen molar-refractivity contribution in [1.29, 1.82) is 0 Å². The molecule has 0 radical (unpaired) electrons. The molecule has 1 aliphatic rings. The average Bonchev–Trinajstić information content (AvgIpc) is 2.85. The molecular formula is C13H12N2O3. The van der Waals surface area contributed by atoms with Crippen LogP contribution in [0, 0.1) is 0 Å². The summed E-state index contributed by atoms with van der Waals surface area (Å²) >= 11 is 0. The third-order valence-corrected chi connectivity index (χ3v) is 2.66. The molecule has 0 bridgehead atoms. The zero-order valence-corrected chi connectivity index (χ0v) is 9.63. The van der Waals surface area contributed by atoms with Gasteiger partial charge in [-0.3, -0.25) is 0 Å². The van der Waals surface area contributed by atoms with Gasteiger partial charge in [-0.1, -0.05) is 6.07 Å². The average molecular weight is 244 g/mol. The lowest BCUT2D eigenvalue weighted by molar-refractivity contribution is 0.173. The van der Waals surface area contributed by atoms with E-state index in [2.05, 4.69) is 4.98 Å². The van der Waals surface area contributed by atoms with E-state index in [1.807, 2.05) is 24.3 Å². The van der Waals surface area contributed by atoms with Crippen LogP contribution in [0.5, 0.6) is 17.2 Å². The van der Waals surface area contributed by atoms with Gasteiger partial charge in [0, 0.05) is 17.8 Å². The zero-order chi connectivity index (χ0) is 12.4. The molecule has 1 aliphatic heterocycles. The van der Waals surface area contributed by atoms with E-state index in [0.717, 1.165) is 11.3 Å². The molecule has 0 unspecified atom stereocenters. The second-order valence-corrected chi connectivity index (χ2v) is 3.85. The van der Waals surface area contributed by atoms with Crippen LogP contribution in [0.3, 0.4) is 0 Å². The number of aromatic nitrogens is 1. The van der Waals surface area contributed by atoms with Crippen LogP contribution in [-0.2, 0) is 6.61 Å². The number of nitrogens with zero attached hydrogens (tertiary/aromatic N) is 1. The van der Waals surface area contributed by atoms with Crippen molar-refractivity contribution in [3.63, 3.8) is 0 Å². The summed E-state index contributed by atoms with van der Waals surface area (Å²) in [4.78, 5) is 4.00. The van der Waals surface area contributed by atoms with Gasteiger partial charge in [0.2, 0.25) is 6.79 Å². The first-order valence-corrected chi connectivity index (χ1v) is 5.55. The predicted octanol–water partition coefficient (Wildman–Crippen LogP) is 1.97. The zero-order valence-electron chi connectivity index (χ0n) is 9.63. The summed E-state index contributed by atoms with van der Waals surface area (Å²) in [5.41, 5.74) is 6.60. The Bertz CT molecular complexity index is 572. The van der Waals surface area contributed by atoms with Crippen LogP contribution in [0.1, 0.15) is 5.56 Å². The highest BCUT2D eigenvalue weighted by molar-refractivity contribution is 5.47. The number of nitrogen functional groups attached to an aromatic ring is 1. The standard InChI is InChI=1S/C13H12N2O3/c14-13-9(2-1-5-15-13)7-16-10-3-4-11-12(6-10)18-8-17-11/h1-6H,7-8H2,(H2,14,15). The second kappa shape index (κ2) is 4.44. The quantitative estimate of drug-likeness (QED) is 0.894.